The Morgan fingerprint density at radius 2 is 1.86 bits per heavy atom. The molecule has 0 aliphatic carbocycles. The van der Waals surface area contributed by atoms with Crippen molar-refractivity contribution in [3.05, 3.63) is 47.5 Å². The fourth-order valence-electron chi connectivity index (χ4n) is 2.94. The molecule has 29 heavy (non-hydrogen) atoms. The van der Waals surface area contributed by atoms with Crippen molar-refractivity contribution in [2.24, 2.45) is 0 Å². The number of methoxy groups -OCH3 is 1. The van der Waals surface area contributed by atoms with E-state index in [1.165, 1.54) is 0 Å². The molecule has 0 unspecified atom stereocenters. The second kappa shape index (κ2) is 9.29. The van der Waals surface area contributed by atoms with Crippen LogP contribution in [0.3, 0.4) is 0 Å². The highest BCUT2D eigenvalue weighted by Crippen LogP contribution is 2.32. The first-order chi connectivity index (χ1) is 14.0. The summed E-state index contributed by atoms with van der Waals surface area (Å²) in [4.78, 5) is 27.1. The van der Waals surface area contributed by atoms with Gasteiger partial charge in [0.05, 0.1) is 5.56 Å². The molecule has 154 valence electrons. The third-order valence-corrected chi connectivity index (χ3v) is 4.43. The van der Waals surface area contributed by atoms with Gasteiger partial charge in [-0.25, -0.2) is 0 Å². The Kier molecular flexibility index (Phi) is 6.56. The molecule has 2 aromatic carbocycles. The van der Waals surface area contributed by atoms with E-state index in [9.17, 15) is 9.59 Å². The van der Waals surface area contributed by atoms with Crippen molar-refractivity contribution in [3.63, 3.8) is 0 Å². The monoisotopic (exact) mass is 399 g/mol. The number of amides is 2. The summed E-state index contributed by atoms with van der Waals surface area (Å²) in [5.41, 5.74) is 2.21. The lowest BCUT2D eigenvalue weighted by molar-refractivity contribution is 0.0947. The largest absolute Gasteiger partial charge is 0.454 e. The van der Waals surface area contributed by atoms with Gasteiger partial charge in [-0.3, -0.25) is 9.59 Å². The van der Waals surface area contributed by atoms with Crippen LogP contribution in [0.25, 0.3) is 0 Å². The lowest BCUT2D eigenvalue weighted by Crippen LogP contribution is -2.27. The number of nitrogens with zero attached hydrogens (tertiary/aromatic N) is 1. The van der Waals surface area contributed by atoms with E-state index in [-0.39, 0.29) is 18.6 Å². The molecule has 3 rings (SSSR count). The van der Waals surface area contributed by atoms with E-state index >= 15 is 0 Å². The maximum atomic E-state index is 12.6. The van der Waals surface area contributed by atoms with Crippen LogP contribution in [0.15, 0.2) is 36.4 Å². The van der Waals surface area contributed by atoms with Crippen molar-refractivity contribution in [1.29, 1.82) is 0 Å². The molecule has 0 radical (unpaired) electrons. The highest BCUT2D eigenvalue weighted by atomic mass is 16.7. The van der Waals surface area contributed by atoms with E-state index in [2.05, 4.69) is 10.6 Å². The Morgan fingerprint density at radius 1 is 1.07 bits per heavy atom. The molecular formula is C21H25N3O5. The van der Waals surface area contributed by atoms with Gasteiger partial charge in [0.1, 0.15) is 0 Å². The number of benzene rings is 2. The van der Waals surface area contributed by atoms with Crippen LogP contribution < -0.4 is 25.0 Å². The zero-order chi connectivity index (χ0) is 20.8. The van der Waals surface area contributed by atoms with Gasteiger partial charge in [-0.1, -0.05) is 0 Å². The molecular weight excluding hydrogens is 374 g/mol. The normalized spacial score (nSPS) is 11.8. The summed E-state index contributed by atoms with van der Waals surface area (Å²) in [5, 5.41) is 5.71. The Hall–Kier alpha value is -3.26. The average Bonchev–Trinajstić information content (AvgIpc) is 3.18. The second-order valence-electron chi connectivity index (χ2n) is 6.75. The maximum absolute atomic E-state index is 12.6. The molecule has 0 saturated heterocycles. The van der Waals surface area contributed by atoms with Gasteiger partial charge >= 0.3 is 0 Å². The van der Waals surface area contributed by atoms with Gasteiger partial charge in [0, 0.05) is 51.3 Å². The van der Waals surface area contributed by atoms with Crippen molar-refractivity contribution in [2.45, 2.75) is 6.42 Å². The van der Waals surface area contributed by atoms with E-state index in [0.717, 1.165) is 12.1 Å². The van der Waals surface area contributed by atoms with Crippen LogP contribution in [0.2, 0.25) is 0 Å². The molecule has 1 aliphatic heterocycles. The van der Waals surface area contributed by atoms with Crippen LogP contribution in [0.5, 0.6) is 11.5 Å². The lowest BCUT2D eigenvalue weighted by Gasteiger charge is -2.18. The molecule has 1 heterocycles. The van der Waals surface area contributed by atoms with Gasteiger partial charge in [0.15, 0.2) is 11.5 Å². The number of rotatable bonds is 8. The van der Waals surface area contributed by atoms with Crippen LogP contribution in [0.1, 0.15) is 27.1 Å². The summed E-state index contributed by atoms with van der Waals surface area (Å²) in [6, 6.07) is 10.2. The number of hydrogen-bond donors (Lipinski definition) is 2. The van der Waals surface area contributed by atoms with Crippen LogP contribution in [0.4, 0.5) is 11.4 Å². The van der Waals surface area contributed by atoms with Crippen molar-refractivity contribution in [1.82, 2.24) is 5.32 Å². The number of hydrogen-bond acceptors (Lipinski definition) is 6. The fourth-order valence-corrected chi connectivity index (χ4v) is 2.94. The van der Waals surface area contributed by atoms with Crippen molar-refractivity contribution < 1.29 is 23.8 Å². The summed E-state index contributed by atoms with van der Waals surface area (Å²) in [6.07, 6.45) is 0.722. The van der Waals surface area contributed by atoms with Crippen LogP contribution in [0, 0.1) is 0 Å². The minimum Gasteiger partial charge on any atom is -0.454 e. The zero-order valence-electron chi connectivity index (χ0n) is 16.8. The van der Waals surface area contributed by atoms with Gasteiger partial charge < -0.3 is 29.7 Å². The number of carbonyl (C=O) groups excluding carboxylic acids is 2. The quantitative estimate of drug-likeness (QED) is 0.663. The molecule has 0 fully saturated rings. The highest BCUT2D eigenvalue weighted by Gasteiger charge is 2.18. The first kappa shape index (κ1) is 20.5. The molecule has 2 aromatic rings. The molecule has 0 atom stereocenters. The van der Waals surface area contributed by atoms with E-state index in [4.69, 9.17) is 14.2 Å². The van der Waals surface area contributed by atoms with Crippen molar-refractivity contribution in [2.75, 3.05) is 51.4 Å². The topological polar surface area (TPSA) is 89.1 Å². The third kappa shape index (κ3) is 4.97. The first-order valence-electron chi connectivity index (χ1n) is 9.29. The highest BCUT2D eigenvalue weighted by molar-refractivity contribution is 6.06. The fraction of sp³-hybridized carbons (Fsp3) is 0.333. The van der Waals surface area contributed by atoms with Gasteiger partial charge in [0.2, 0.25) is 6.79 Å². The summed E-state index contributed by atoms with van der Waals surface area (Å²) >= 11 is 0. The Bertz CT molecular complexity index is 898. The van der Waals surface area contributed by atoms with E-state index in [0.29, 0.717) is 41.5 Å². The van der Waals surface area contributed by atoms with E-state index in [1.54, 1.807) is 43.5 Å². The molecule has 0 bridgehead atoms. The minimum atomic E-state index is -0.299. The molecule has 8 heteroatoms. The van der Waals surface area contributed by atoms with Gasteiger partial charge in [0.25, 0.3) is 11.8 Å². The number of nitrogens with one attached hydrogen (secondary N) is 2. The Morgan fingerprint density at radius 3 is 2.62 bits per heavy atom. The van der Waals surface area contributed by atoms with E-state index in [1.807, 2.05) is 19.0 Å². The molecule has 0 aromatic heterocycles. The predicted molar refractivity (Wildman–Crippen MR) is 110 cm³/mol. The first-order valence-corrected chi connectivity index (χ1v) is 9.29. The SMILES string of the molecule is COCCCNC(=O)c1cc(NC(=O)c2ccc3c(c2)OCO3)ccc1N(C)C. The molecule has 2 N–H and O–H groups in total. The smallest absolute Gasteiger partial charge is 0.255 e. The maximum Gasteiger partial charge on any atom is 0.255 e. The third-order valence-electron chi connectivity index (χ3n) is 4.43. The van der Waals surface area contributed by atoms with Gasteiger partial charge in [-0.2, -0.15) is 0 Å². The predicted octanol–water partition coefficient (Wildman–Crippen LogP) is 2.50. The van der Waals surface area contributed by atoms with Crippen molar-refractivity contribution in [3.8, 4) is 11.5 Å². The van der Waals surface area contributed by atoms with Crippen LogP contribution >= 0.6 is 0 Å². The number of anilines is 2. The summed E-state index contributed by atoms with van der Waals surface area (Å²) in [6.45, 7) is 1.23. The number of ether oxygens (including phenoxy) is 3. The van der Waals surface area contributed by atoms with Crippen LogP contribution in [-0.2, 0) is 4.74 Å². The summed E-state index contributed by atoms with van der Waals surface area (Å²) < 4.78 is 15.6. The minimum absolute atomic E-state index is 0.148. The van der Waals surface area contributed by atoms with Crippen LogP contribution in [-0.4, -0.2) is 53.0 Å². The standard InChI is InChI=1S/C21H25N3O5/c1-24(2)17-7-6-15(12-16(17)21(26)22-9-4-10-27-3)23-20(25)14-5-8-18-19(11-14)29-13-28-18/h5-8,11-12H,4,9-10,13H2,1-3H3,(H,22,26)(H,23,25). The molecule has 8 nitrogen and oxygen atoms in total. The molecule has 2 amide bonds. The molecule has 1 aliphatic rings. The Balaban J connectivity index is 1.75. The number of carbonyl (C=O) groups is 2. The summed E-state index contributed by atoms with van der Waals surface area (Å²) in [5.74, 6) is 0.650. The molecule has 0 saturated carbocycles. The van der Waals surface area contributed by atoms with Gasteiger partial charge in [-0.05, 0) is 42.8 Å². The van der Waals surface area contributed by atoms with Crippen molar-refractivity contribution >= 4 is 23.2 Å². The lowest BCUT2D eigenvalue weighted by atomic mass is 10.1. The van der Waals surface area contributed by atoms with Gasteiger partial charge in [-0.15, -0.1) is 0 Å². The molecule has 0 spiro atoms. The Labute approximate surface area is 169 Å². The summed E-state index contributed by atoms with van der Waals surface area (Å²) in [7, 11) is 5.35. The average molecular weight is 399 g/mol. The van der Waals surface area contributed by atoms with E-state index < -0.39 is 0 Å². The number of fused-ring (bicyclic) bond motifs is 1. The zero-order valence-corrected chi connectivity index (χ0v) is 16.8. The second-order valence-corrected chi connectivity index (χ2v) is 6.75.